The first-order valence-electron chi connectivity index (χ1n) is 5.18. The monoisotopic (exact) mass is 298 g/mol. The Labute approximate surface area is 116 Å². The first-order valence-corrected chi connectivity index (χ1v) is 6.83. The van der Waals surface area contributed by atoms with E-state index in [1.807, 2.05) is 0 Å². The van der Waals surface area contributed by atoms with Gasteiger partial charge in [-0.2, -0.15) is 4.37 Å². The van der Waals surface area contributed by atoms with Crippen LogP contribution in [0.15, 0.2) is 5.38 Å². The van der Waals surface area contributed by atoms with Gasteiger partial charge in [0, 0.05) is 11.9 Å². The quantitative estimate of drug-likeness (QED) is 0.783. The molecule has 0 aliphatic rings. The van der Waals surface area contributed by atoms with Crippen molar-refractivity contribution in [2.24, 2.45) is 5.73 Å². The van der Waals surface area contributed by atoms with Crippen molar-refractivity contribution in [3.8, 4) is 0 Å². The second-order valence-corrected chi connectivity index (χ2v) is 5.28. The van der Waals surface area contributed by atoms with Gasteiger partial charge in [-0.1, -0.05) is 0 Å². The summed E-state index contributed by atoms with van der Waals surface area (Å²) in [6.45, 7) is 1.84. The maximum absolute atomic E-state index is 11.9. The number of carboxylic acids is 1. The second-order valence-electron chi connectivity index (χ2n) is 3.56. The zero-order valence-corrected chi connectivity index (χ0v) is 11.5. The molecule has 0 fully saturated rings. The number of nitrogens with one attached hydrogen (secondary N) is 1. The van der Waals surface area contributed by atoms with Crippen LogP contribution in [-0.4, -0.2) is 26.3 Å². The van der Waals surface area contributed by atoms with E-state index in [1.54, 1.807) is 12.3 Å². The van der Waals surface area contributed by atoms with E-state index in [2.05, 4.69) is 14.7 Å². The molecule has 0 radical (unpaired) electrons. The van der Waals surface area contributed by atoms with E-state index in [0.717, 1.165) is 11.5 Å². The Kier molecular flexibility index (Phi) is 3.88. The molecule has 0 aromatic carbocycles. The standard InChI is InChI=1S/C10H10N4O3S2/c1-4-7(10(16)17)9(19-14-4)13-8(15)5-3-18-6(2-11)12-5/h3H,2,11H2,1H3,(H,13,15)(H,16,17). The molecule has 0 saturated heterocycles. The lowest BCUT2D eigenvalue weighted by atomic mass is 10.2. The van der Waals surface area contributed by atoms with Gasteiger partial charge in [0.05, 0.1) is 5.69 Å². The molecule has 2 aromatic rings. The lowest BCUT2D eigenvalue weighted by Crippen LogP contribution is -2.14. The van der Waals surface area contributed by atoms with Crippen molar-refractivity contribution in [1.82, 2.24) is 9.36 Å². The van der Waals surface area contributed by atoms with Gasteiger partial charge in [-0.05, 0) is 18.5 Å². The van der Waals surface area contributed by atoms with Gasteiger partial charge < -0.3 is 16.2 Å². The largest absolute Gasteiger partial charge is 0.478 e. The van der Waals surface area contributed by atoms with Crippen molar-refractivity contribution in [3.63, 3.8) is 0 Å². The normalized spacial score (nSPS) is 10.4. The van der Waals surface area contributed by atoms with Crippen LogP contribution >= 0.6 is 22.9 Å². The highest BCUT2D eigenvalue weighted by Crippen LogP contribution is 2.25. The molecule has 2 aromatic heterocycles. The molecule has 0 saturated carbocycles. The highest BCUT2D eigenvalue weighted by Gasteiger charge is 2.20. The van der Waals surface area contributed by atoms with Crippen molar-refractivity contribution in [2.45, 2.75) is 13.5 Å². The molecule has 2 heterocycles. The number of carbonyl (C=O) groups is 2. The van der Waals surface area contributed by atoms with Crippen LogP contribution in [0.2, 0.25) is 0 Å². The van der Waals surface area contributed by atoms with Gasteiger partial charge in [0.15, 0.2) is 0 Å². The molecule has 0 aliphatic heterocycles. The average molecular weight is 298 g/mol. The topological polar surface area (TPSA) is 118 Å². The minimum Gasteiger partial charge on any atom is -0.478 e. The molecule has 0 spiro atoms. The molecule has 4 N–H and O–H groups in total. The first-order chi connectivity index (χ1) is 9.02. The summed E-state index contributed by atoms with van der Waals surface area (Å²) in [5.74, 6) is -1.59. The molecule has 7 nitrogen and oxygen atoms in total. The van der Waals surface area contributed by atoms with Crippen molar-refractivity contribution < 1.29 is 14.7 Å². The first kappa shape index (κ1) is 13.6. The molecule has 9 heteroatoms. The number of carbonyl (C=O) groups excluding carboxylic acids is 1. The lowest BCUT2D eigenvalue weighted by molar-refractivity contribution is 0.0697. The number of nitrogens with zero attached hydrogens (tertiary/aromatic N) is 2. The number of nitrogens with two attached hydrogens (primary N) is 1. The van der Waals surface area contributed by atoms with Crippen LogP contribution in [0, 0.1) is 6.92 Å². The molecule has 0 bridgehead atoms. The number of aromatic nitrogens is 2. The Bertz CT molecular complexity index is 635. The summed E-state index contributed by atoms with van der Waals surface area (Å²) in [4.78, 5) is 27.0. The van der Waals surface area contributed by atoms with E-state index < -0.39 is 11.9 Å². The Morgan fingerprint density at radius 2 is 2.26 bits per heavy atom. The Morgan fingerprint density at radius 1 is 1.53 bits per heavy atom. The van der Waals surface area contributed by atoms with E-state index in [4.69, 9.17) is 10.8 Å². The second kappa shape index (κ2) is 5.43. The molecule has 0 aliphatic carbocycles. The zero-order chi connectivity index (χ0) is 14.0. The zero-order valence-electron chi connectivity index (χ0n) is 9.84. The Morgan fingerprint density at radius 3 is 2.84 bits per heavy atom. The highest BCUT2D eigenvalue weighted by atomic mass is 32.1. The Hall–Kier alpha value is -1.84. The molecule has 2 rings (SSSR count). The number of hydrogen-bond acceptors (Lipinski definition) is 7. The maximum Gasteiger partial charge on any atom is 0.340 e. The molecule has 19 heavy (non-hydrogen) atoms. The van der Waals surface area contributed by atoms with Crippen molar-refractivity contribution in [1.29, 1.82) is 0 Å². The minimum absolute atomic E-state index is 0.00706. The molecule has 0 unspecified atom stereocenters. The van der Waals surface area contributed by atoms with Crippen LogP contribution in [0.25, 0.3) is 0 Å². The third-order valence-electron chi connectivity index (χ3n) is 2.26. The summed E-state index contributed by atoms with van der Waals surface area (Å²) in [6.07, 6.45) is 0. The molecule has 1 amide bonds. The van der Waals surface area contributed by atoms with E-state index in [1.165, 1.54) is 11.3 Å². The fraction of sp³-hybridized carbons (Fsp3) is 0.200. The summed E-state index contributed by atoms with van der Waals surface area (Å²) in [5, 5.41) is 14.0. The van der Waals surface area contributed by atoms with Gasteiger partial charge in [-0.15, -0.1) is 11.3 Å². The average Bonchev–Trinajstić information content (AvgIpc) is 2.96. The van der Waals surface area contributed by atoms with Gasteiger partial charge in [0.25, 0.3) is 5.91 Å². The van der Waals surface area contributed by atoms with Crippen LogP contribution in [0.4, 0.5) is 5.00 Å². The Balaban J connectivity index is 2.21. The van der Waals surface area contributed by atoms with Crippen LogP contribution in [-0.2, 0) is 6.54 Å². The van der Waals surface area contributed by atoms with Crippen molar-refractivity contribution >= 4 is 39.7 Å². The van der Waals surface area contributed by atoms with Crippen LogP contribution in [0.3, 0.4) is 0 Å². The van der Waals surface area contributed by atoms with Gasteiger partial charge >= 0.3 is 5.97 Å². The number of aryl methyl sites for hydroxylation is 1. The number of carboxylic acid groups (broad SMARTS) is 1. The van der Waals surface area contributed by atoms with Crippen LogP contribution in [0.5, 0.6) is 0 Å². The van der Waals surface area contributed by atoms with Gasteiger partial charge in [-0.25, -0.2) is 9.78 Å². The molecular weight excluding hydrogens is 288 g/mol. The van der Waals surface area contributed by atoms with Gasteiger partial charge in [-0.3, -0.25) is 4.79 Å². The number of thiazole rings is 1. The fourth-order valence-corrected chi connectivity index (χ4v) is 2.82. The van der Waals surface area contributed by atoms with Gasteiger partial charge in [0.1, 0.15) is 21.3 Å². The van der Waals surface area contributed by atoms with Crippen LogP contribution in [0.1, 0.15) is 31.5 Å². The fourth-order valence-electron chi connectivity index (χ4n) is 1.38. The van der Waals surface area contributed by atoms with Crippen LogP contribution < -0.4 is 11.1 Å². The van der Waals surface area contributed by atoms with E-state index in [9.17, 15) is 9.59 Å². The third kappa shape index (κ3) is 2.78. The SMILES string of the molecule is Cc1nsc(NC(=O)c2csc(CN)n2)c1C(=O)O. The van der Waals surface area contributed by atoms with E-state index >= 15 is 0 Å². The number of aromatic carboxylic acids is 1. The summed E-state index contributed by atoms with van der Waals surface area (Å²) < 4.78 is 3.91. The number of amides is 1. The smallest absolute Gasteiger partial charge is 0.340 e. The van der Waals surface area contributed by atoms with Crippen molar-refractivity contribution in [3.05, 3.63) is 27.3 Å². The summed E-state index contributed by atoms with van der Waals surface area (Å²) in [6, 6.07) is 0. The molecule has 0 atom stereocenters. The third-order valence-corrected chi connectivity index (χ3v) is 3.99. The van der Waals surface area contributed by atoms with E-state index in [0.29, 0.717) is 10.7 Å². The van der Waals surface area contributed by atoms with E-state index in [-0.39, 0.29) is 22.8 Å². The lowest BCUT2D eigenvalue weighted by Gasteiger charge is -2.01. The minimum atomic E-state index is -1.12. The number of hydrogen-bond donors (Lipinski definition) is 3. The summed E-state index contributed by atoms with van der Waals surface area (Å²) in [7, 11) is 0. The van der Waals surface area contributed by atoms with Crippen molar-refractivity contribution in [2.75, 3.05) is 5.32 Å². The number of rotatable bonds is 4. The highest BCUT2D eigenvalue weighted by molar-refractivity contribution is 7.11. The predicted octanol–water partition coefficient (Wildman–Crippen LogP) is 1.32. The van der Waals surface area contributed by atoms with Gasteiger partial charge in [0.2, 0.25) is 0 Å². The number of anilines is 1. The maximum atomic E-state index is 11.9. The predicted molar refractivity (Wildman–Crippen MR) is 71.8 cm³/mol. The summed E-state index contributed by atoms with van der Waals surface area (Å²) in [5.41, 5.74) is 6.01. The molecular formula is C10H10N4O3S2. The molecule has 100 valence electrons. The summed E-state index contributed by atoms with van der Waals surface area (Å²) >= 11 is 2.21.